The minimum atomic E-state index is -5.53. The number of ether oxygens (including phenoxy) is 1. The van der Waals surface area contributed by atoms with Crippen molar-refractivity contribution in [1.82, 2.24) is 4.90 Å². The molecule has 1 aromatic carbocycles. The van der Waals surface area contributed by atoms with Crippen LogP contribution in [0.3, 0.4) is 0 Å². The van der Waals surface area contributed by atoms with Gasteiger partial charge in [0.05, 0.1) is 12.2 Å². The molecular formula is C16H19F3N2O4S. The molecule has 2 aliphatic rings. The van der Waals surface area contributed by atoms with E-state index in [0.717, 1.165) is 12.8 Å². The number of sulfonamides is 1. The molecule has 1 atom stereocenters. The van der Waals surface area contributed by atoms with Crippen LogP contribution in [0.25, 0.3) is 0 Å². The zero-order valence-electron chi connectivity index (χ0n) is 14.0. The van der Waals surface area contributed by atoms with Gasteiger partial charge < -0.3 is 9.64 Å². The van der Waals surface area contributed by atoms with Gasteiger partial charge in [0.15, 0.2) is 0 Å². The molecule has 1 saturated carbocycles. The number of anilines is 1. The van der Waals surface area contributed by atoms with Crippen molar-refractivity contribution < 1.29 is 31.1 Å². The van der Waals surface area contributed by atoms with Crippen molar-refractivity contribution in [3.63, 3.8) is 0 Å². The van der Waals surface area contributed by atoms with Crippen molar-refractivity contribution in [3.8, 4) is 0 Å². The molecule has 1 aromatic rings. The lowest BCUT2D eigenvalue weighted by molar-refractivity contribution is -0.0520. The molecule has 10 heteroatoms. The summed E-state index contributed by atoms with van der Waals surface area (Å²) in [7, 11) is -5.53. The highest BCUT2D eigenvalue weighted by atomic mass is 32.2. The summed E-state index contributed by atoms with van der Waals surface area (Å²) in [5.41, 5.74) is -5.87. The van der Waals surface area contributed by atoms with Gasteiger partial charge in [-0.1, -0.05) is 18.2 Å². The molecule has 1 aliphatic carbocycles. The Morgan fingerprint density at radius 3 is 2.54 bits per heavy atom. The van der Waals surface area contributed by atoms with Crippen molar-refractivity contribution in [1.29, 1.82) is 0 Å². The second kappa shape index (κ2) is 6.33. The number of para-hydroxylation sites is 1. The number of hydrogen-bond donors (Lipinski definition) is 1. The number of nitrogens with zero attached hydrogens (tertiary/aromatic N) is 1. The van der Waals surface area contributed by atoms with Gasteiger partial charge in [-0.25, -0.2) is 4.79 Å². The van der Waals surface area contributed by atoms with E-state index in [4.69, 9.17) is 4.74 Å². The van der Waals surface area contributed by atoms with Crippen molar-refractivity contribution in [3.05, 3.63) is 29.8 Å². The predicted octanol–water partition coefficient (Wildman–Crippen LogP) is 3.46. The Labute approximate surface area is 149 Å². The number of carbonyl (C=O) groups excluding carboxylic acids is 1. The molecule has 1 amide bonds. The lowest BCUT2D eigenvalue weighted by Gasteiger charge is -2.39. The topological polar surface area (TPSA) is 75.7 Å². The van der Waals surface area contributed by atoms with E-state index >= 15 is 0 Å². The van der Waals surface area contributed by atoms with Crippen LogP contribution < -0.4 is 4.72 Å². The fourth-order valence-electron chi connectivity index (χ4n) is 3.05. The molecule has 26 heavy (non-hydrogen) atoms. The van der Waals surface area contributed by atoms with Gasteiger partial charge in [-0.05, 0) is 37.3 Å². The molecular weight excluding hydrogens is 373 g/mol. The van der Waals surface area contributed by atoms with E-state index < -0.39 is 27.2 Å². The SMILES string of the molecule is CC1(C2CC2)CCN(Cc2ccccc2NS(=O)(=O)C(F)(F)F)C(=O)O1. The lowest BCUT2D eigenvalue weighted by Crippen LogP contribution is -2.48. The maximum atomic E-state index is 12.6. The Balaban J connectivity index is 1.74. The normalized spacial score (nSPS) is 24.3. The van der Waals surface area contributed by atoms with Gasteiger partial charge in [-0.3, -0.25) is 4.72 Å². The number of benzene rings is 1. The third-order valence-electron chi connectivity index (χ3n) is 4.83. The molecule has 3 rings (SSSR count). The molecule has 0 aromatic heterocycles. The van der Waals surface area contributed by atoms with Gasteiger partial charge in [0.2, 0.25) is 0 Å². The third-order valence-corrected chi connectivity index (χ3v) is 5.92. The summed E-state index contributed by atoms with van der Waals surface area (Å²) in [4.78, 5) is 13.7. The van der Waals surface area contributed by atoms with Gasteiger partial charge in [0.1, 0.15) is 5.60 Å². The fourth-order valence-corrected chi connectivity index (χ4v) is 3.66. The van der Waals surface area contributed by atoms with Gasteiger partial charge in [0, 0.05) is 13.0 Å². The molecule has 0 bridgehead atoms. The Hall–Kier alpha value is -1.97. The molecule has 0 radical (unpaired) electrons. The van der Waals surface area contributed by atoms with Crippen molar-refractivity contribution >= 4 is 21.8 Å². The number of nitrogens with one attached hydrogen (secondary N) is 1. The van der Waals surface area contributed by atoms with E-state index in [1.807, 2.05) is 6.92 Å². The smallest absolute Gasteiger partial charge is 0.443 e. The van der Waals surface area contributed by atoms with E-state index in [1.54, 1.807) is 10.8 Å². The number of alkyl halides is 3. The monoisotopic (exact) mass is 392 g/mol. The number of rotatable bonds is 5. The first-order valence-corrected chi connectivity index (χ1v) is 9.65. The van der Waals surface area contributed by atoms with Crippen molar-refractivity contribution in [2.24, 2.45) is 5.92 Å². The van der Waals surface area contributed by atoms with Gasteiger partial charge in [0.25, 0.3) is 0 Å². The average Bonchev–Trinajstić information content (AvgIpc) is 3.36. The zero-order valence-corrected chi connectivity index (χ0v) is 14.9. The average molecular weight is 392 g/mol. The maximum Gasteiger partial charge on any atom is 0.516 e. The van der Waals surface area contributed by atoms with Crippen LogP contribution in [0.15, 0.2) is 24.3 Å². The van der Waals surface area contributed by atoms with Crippen LogP contribution in [0.2, 0.25) is 0 Å². The van der Waals surface area contributed by atoms with E-state index in [2.05, 4.69) is 0 Å². The quantitative estimate of drug-likeness (QED) is 0.833. The molecule has 1 aliphatic heterocycles. The van der Waals surface area contributed by atoms with Crippen molar-refractivity contribution in [2.75, 3.05) is 11.3 Å². The van der Waals surface area contributed by atoms with Crippen LogP contribution in [0.4, 0.5) is 23.7 Å². The fraction of sp³-hybridized carbons (Fsp3) is 0.562. The van der Waals surface area contributed by atoms with E-state index in [0.29, 0.717) is 18.9 Å². The molecule has 1 heterocycles. The number of carbonyl (C=O) groups is 1. The van der Waals surface area contributed by atoms with E-state index in [9.17, 15) is 26.4 Å². The van der Waals surface area contributed by atoms with Gasteiger partial charge >= 0.3 is 21.6 Å². The summed E-state index contributed by atoms with van der Waals surface area (Å²) < 4.78 is 67.6. The first kappa shape index (κ1) is 18.8. The lowest BCUT2D eigenvalue weighted by atomic mass is 9.94. The molecule has 1 N–H and O–H groups in total. The molecule has 144 valence electrons. The molecule has 2 fully saturated rings. The summed E-state index contributed by atoms with van der Waals surface area (Å²) in [6.45, 7) is 2.24. The van der Waals surface area contributed by atoms with Gasteiger partial charge in [-0.2, -0.15) is 21.6 Å². The highest BCUT2D eigenvalue weighted by molar-refractivity contribution is 7.93. The standard InChI is InChI=1S/C16H19F3N2O4S/c1-15(12-6-7-12)8-9-21(14(22)25-15)10-11-4-2-3-5-13(11)20-26(23,24)16(17,18)19/h2-5,12,20H,6-10H2,1H3. The Morgan fingerprint density at radius 2 is 1.96 bits per heavy atom. The summed E-state index contributed by atoms with van der Waals surface area (Å²) >= 11 is 0. The molecule has 1 unspecified atom stereocenters. The molecule has 0 spiro atoms. The highest BCUT2D eigenvalue weighted by Gasteiger charge is 2.48. The molecule has 1 saturated heterocycles. The Kier molecular flexibility index (Phi) is 4.58. The predicted molar refractivity (Wildman–Crippen MR) is 87.7 cm³/mol. The minimum Gasteiger partial charge on any atom is -0.443 e. The van der Waals surface area contributed by atoms with Crippen LogP contribution >= 0.6 is 0 Å². The van der Waals surface area contributed by atoms with Crippen LogP contribution in [-0.2, 0) is 21.3 Å². The van der Waals surface area contributed by atoms with Crippen LogP contribution in [-0.4, -0.2) is 37.1 Å². The summed E-state index contributed by atoms with van der Waals surface area (Å²) in [5.74, 6) is 0.361. The maximum absolute atomic E-state index is 12.6. The summed E-state index contributed by atoms with van der Waals surface area (Å²) in [6.07, 6.45) is 2.12. The minimum absolute atomic E-state index is 0.0455. The van der Waals surface area contributed by atoms with Crippen LogP contribution in [0.1, 0.15) is 31.7 Å². The third kappa shape index (κ3) is 3.74. The second-order valence-electron chi connectivity index (χ2n) is 6.83. The van der Waals surface area contributed by atoms with E-state index in [1.165, 1.54) is 23.1 Å². The number of halogens is 3. The van der Waals surface area contributed by atoms with E-state index in [-0.39, 0.29) is 17.8 Å². The van der Waals surface area contributed by atoms with Gasteiger partial charge in [-0.15, -0.1) is 0 Å². The molecule has 6 nitrogen and oxygen atoms in total. The Bertz CT molecular complexity index is 808. The number of cyclic esters (lactones) is 1. The van der Waals surface area contributed by atoms with Crippen LogP contribution in [0.5, 0.6) is 0 Å². The summed E-state index contributed by atoms with van der Waals surface area (Å²) in [5, 5.41) is 0. The first-order valence-electron chi connectivity index (χ1n) is 8.17. The van der Waals surface area contributed by atoms with Crippen LogP contribution in [0, 0.1) is 5.92 Å². The number of hydrogen-bond acceptors (Lipinski definition) is 4. The zero-order chi connectivity index (χ0) is 19.2. The second-order valence-corrected chi connectivity index (χ2v) is 8.51. The summed E-state index contributed by atoms with van der Waals surface area (Å²) in [6, 6.07) is 5.67. The Morgan fingerprint density at radius 1 is 1.31 bits per heavy atom. The highest BCUT2D eigenvalue weighted by Crippen LogP contribution is 2.45. The number of amides is 1. The first-order chi connectivity index (χ1) is 12.0. The largest absolute Gasteiger partial charge is 0.516 e. The van der Waals surface area contributed by atoms with Crippen molar-refractivity contribution in [2.45, 2.75) is 43.8 Å².